The number of aliphatic hydroxyl groups is 2. The molecule has 0 amide bonds. The predicted molar refractivity (Wildman–Crippen MR) is 152 cm³/mol. The minimum atomic E-state index is -1.29. The van der Waals surface area contributed by atoms with Gasteiger partial charge in [-0.3, -0.25) is 4.90 Å². The number of hydrogen-bond acceptors (Lipinski definition) is 5. The van der Waals surface area contributed by atoms with Crippen molar-refractivity contribution in [3.05, 3.63) is 89.5 Å². The molecule has 1 aliphatic heterocycles. The smallest absolute Gasteiger partial charge is 0.137 e. The minimum Gasteiger partial charge on any atom is -0.492 e. The van der Waals surface area contributed by atoms with Gasteiger partial charge >= 0.3 is 0 Å². The number of likely N-dealkylation sites (tertiary alicyclic amines) is 1. The van der Waals surface area contributed by atoms with Crippen molar-refractivity contribution < 1.29 is 19.7 Å². The Bertz CT molecular complexity index is 1060. The summed E-state index contributed by atoms with van der Waals surface area (Å²) in [5.74, 6) is 1.71. The van der Waals surface area contributed by atoms with E-state index in [-0.39, 0.29) is 12.5 Å². The molecular weight excluding hydrogens is 486 g/mol. The van der Waals surface area contributed by atoms with Gasteiger partial charge in [0.25, 0.3) is 0 Å². The summed E-state index contributed by atoms with van der Waals surface area (Å²) in [6.45, 7) is 11.1. The van der Waals surface area contributed by atoms with Crippen LogP contribution in [0.5, 0.6) is 17.2 Å². The van der Waals surface area contributed by atoms with E-state index < -0.39 is 5.60 Å². The fourth-order valence-electron chi connectivity index (χ4n) is 4.82. The van der Waals surface area contributed by atoms with Crippen LogP contribution in [-0.2, 0) is 5.60 Å². The first-order chi connectivity index (χ1) is 17.8. The highest BCUT2D eigenvalue weighted by Crippen LogP contribution is 2.44. The Morgan fingerprint density at radius 1 is 1.14 bits per heavy atom. The van der Waals surface area contributed by atoms with Crippen LogP contribution in [0.1, 0.15) is 45.1 Å². The molecular formula is C31H40ClNO4. The predicted octanol–water partition coefficient (Wildman–Crippen LogP) is 6.89. The molecule has 0 bridgehead atoms. The number of nitrogens with zero attached hydrogens (tertiary/aromatic N) is 1. The van der Waals surface area contributed by atoms with E-state index in [1.54, 1.807) is 37.3 Å². The molecule has 0 spiro atoms. The van der Waals surface area contributed by atoms with Crippen molar-refractivity contribution in [1.29, 1.82) is 0 Å². The second-order valence-electron chi connectivity index (χ2n) is 9.80. The molecule has 0 aromatic heterocycles. The van der Waals surface area contributed by atoms with Crippen molar-refractivity contribution in [2.45, 2.75) is 45.1 Å². The van der Waals surface area contributed by atoms with Crippen LogP contribution in [0.2, 0.25) is 5.02 Å². The molecule has 1 saturated heterocycles. The highest BCUT2D eigenvalue weighted by Gasteiger charge is 2.34. The average Bonchev–Trinajstić information content (AvgIpc) is 3.39. The maximum Gasteiger partial charge on any atom is 0.137 e. The van der Waals surface area contributed by atoms with Crippen LogP contribution < -0.4 is 9.47 Å². The van der Waals surface area contributed by atoms with Gasteiger partial charge in [-0.25, -0.2) is 0 Å². The van der Waals surface area contributed by atoms with Gasteiger partial charge in [0.1, 0.15) is 23.9 Å². The second-order valence-corrected chi connectivity index (χ2v) is 10.2. The van der Waals surface area contributed by atoms with Crippen LogP contribution >= 0.6 is 11.6 Å². The molecule has 2 N–H and O–H groups in total. The number of rotatable bonds is 14. The lowest BCUT2D eigenvalue weighted by Gasteiger charge is -2.32. The summed E-state index contributed by atoms with van der Waals surface area (Å²) < 4.78 is 12.5. The Hall–Kier alpha value is -2.57. The molecule has 37 heavy (non-hydrogen) atoms. The monoisotopic (exact) mass is 525 g/mol. The molecule has 2 aromatic rings. The molecule has 1 fully saturated rings. The third-order valence-electron chi connectivity index (χ3n) is 6.80. The molecule has 3 rings (SSSR count). The van der Waals surface area contributed by atoms with Crippen molar-refractivity contribution in [2.75, 3.05) is 32.8 Å². The van der Waals surface area contributed by atoms with Crippen LogP contribution in [0.3, 0.4) is 0 Å². The summed E-state index contributed by atoms with van der Waals surface area (Å²) in [4.78, 5) is 2.40. The molecule has 200 valence electrons. The molecule has 1 aliphatic rings. The van der Waals surface area contributed by atoms with Crippen LogP contribution in [0.4, 0.5) is 0 Å². The quantitative estimate of drug-likeness (QED) is 0.263. The molecule has 6 heteroatoms. The SMILES string of the molecule is C=C/C=C\C=C(/C)[C@H](CCO)C[C@](C)(O)c1c(OCCN2CCCC2)cccc1Oc1ccc(Cl)cc1. The summed E-state index contributed by atoms with van der Waals surface area (Å²) in [7, 11) is 0. The van der Waals surface area contributed by atoms with Gasteiger partial charge in [0.2, 0.25) is 0 Å². The number of halogens is 1. The molecule has 0 saturated carbocycles. The Kier molecular flexibility index (Phi) is 11.3. The van der Waals surface area contributed by atoms with Crippen molar-refractivity contribution in [3.63, 3.8) is 0 Å². The van der Waals surface area contributed by atoms with E-state index in [9.17, 15) is 10.2 Å². The third-order valence-corrected chi connectivity index (χ3v) is 7.06. The van der Waals surface area contributed by atoms with E-state index in [1.807, 2.05) is 43.4 Å². The highest BCUT2D eigenvalue weighted by atomic mass is 35.5. The number of aliphatic hydroxyl groups excluding tert-OH is 1. The molecule has 2 aromatic carbocycles. The first kappa shape index (κ1) is 29.0. The zero-order valence-electron chi connectivity index (χ0n) is 22.0. The average molecular weight is 526 g/mol. The third kappa shape index (κ3) is 8.75. The van der Waals surface area contributed by atoms with Gasteiger partial charge in [0.15, 0.2) is 0 Å². The van der Waals surface area contributed by atoms with Crippen molar-refractivity contribution in [1.82, 2.24) is 4.90 Å². The van der Waals surface area contributed by atoms with Gasteiger partial charge in [0, 0.05) is 18.2 Å². The molecule has 2 atom stereocenters. The van der Waals surface area contributed by atoms with Gasteiger partial charge in [-0.05, 0) is 94.9 Å². The number of benzene rings is 2. The van der Waals surface area contributed by atoms with E-state index >= 15 is 0 Å². The Labute approximate surface area is 226 Å². The lowest BCUT2D eigenvalue weighted by molar-refractivity contribution is 0.0265. The summed E-state index contributed by atoms with van der Waals surface area (Å²) in [5.41, 5.74) is 0.382. The van der Waals surface area contributed by atoms with E-state index in [0.29, 0.717) is 47.3 Å². The van der Waals surface area contributed by atoms with Crippen molar-refractivity contribution in [3.8, 4) is 17.2 Å². The van der Waals surface area contributed by atoms with E-state index in [0.717, 1.165) is 25.2 Å². The van der Waals surface area contributed by atoms with Crippen molar-refractivity contribution >= 4 is 11.6 Å². The summed E-state index contributed by atoms with van der Waals surface area (Å²) in [6, 6.07) is 12.8. The summed E-state index contributed by atoms with van der Waals surface area (Å²) in [5, 5.41) is 22.3. The second kappa shape index (κ2) is 14.4. The number of ether oxygens (including phenoxy) is 2. The zero-order chi connectivity index (χ0) is 26.7. The standard InChI is InChI=1S/C31H40ClNO4/c1-4-5-6-10-24(2)25(17-21-34)23-31(3,35)30-28(36-22-20-33-18-7-8-19-33)11-9-12-29(30)37-27-15-13-26(32)14-16-27/h4-6,9-16,25,34-35H,1,7-8,17-23H2,2-3H3/b6-5-,24-10+/t25-,31+/m1/s1. The topological polar surface area (TPSA) is 62.2 Å². The normalized spacial score (nSPS) is 17.1. The van der Waals surface area contributed by atoms with Crippen LogP contribution in [0.15, 0.2) is 78.9 Å². The molecule has 1 heterocycles. The van der Waals surface area contributed by atoms with Crippen molar-refractivity contribution in [2.24, 2.45) is 5.92 Å². The van der Waals surface area contributed by atoms with Crippen LogP contribution in [-0.4, -0.2) is 48.0 Å². The number of hydrogen-bond donors (Lipinski definition) is 2. The summed E-state index contributed by atoms with van der Waals surface area (Å²) in [6.07, 6.45) is 10.9. The number of allylic oxidation sites excluding steroid dienone is 5. The minimum absolute atomic E-state index is 0.0270. The van der Waals surface area contributed by atoms with Crippen LogP contribution in [0, 0.1) is 5.92 Å². The van der Waals surface area contributed by atoms with Gasteiger partial charge in [0.05, 0.1) is 11.2 Å². The molecule has 0 unspecified atom stereocenters. The maximum absolute atomic E-state index is 12.0. The van der Waals surface area contributed by atoms with E-state index in [1.165, 1.54) is 12.8 Å². The molecule has 0 radical (unpaired) electrons. The largest absolute Gasteiger partial charge is 0.492 e. The fourth-order valence-corrected chi connectivity index (χ4v) is 4.94. The first-order valence-electron chi connectivity index (χ1n) is 13.0. The summed E-state index contributed by atoms with van der Waals surface area (Å²) >= 11 is 6.06. The molecule has 0 aliphatic carbocycles. The highest BCUT2D eigenvalue weighted by molar-refractivity contribution is 6.30. The maximum atomic E-state index is 12.0. The Morgan fingerprint density at radius 3 is 2.51 bits per heavy atom. The van der Waals surface area contributed by atoms with E-state index in [2.05, 4.69) is 11.5 Å². The van der Waals surface area contributed by atoms with Gasteiger partial charge < -0.3 is 19.7 Å². The van der Waals surface area contributed by atoms with E-state index in [4.69, 9.17) is 21.1 Å². The molecule has 5 nitrogen and oxygen atoms in total. The fraction of sp³-hybridized carbons (Fsp3) is 0.419. The van der Waals surface area contributed by atoms with Gasteiger partial charge in [-0.1, -0.05) is 54.1 Å². The Morgan fingerprint density at radius 2 is 1.84 bits per heavy atom. The van der Waals surface area contributed by atoms with Gasteiger partial charge in [-0.15, -0.1) is 0 Å². The Balaban J connectivity index is 1.93. The van der Waals surface area contributed by atoms with Gasteiger partial charge in [-0.2, -0.15) is 0 Å². The van der Waals surface area contributed by atoms with Crippen LogP contribution in [0.25, 0.3) is 0 Å². The lowest BCUT2D eigenvalue weighted by atomic mass is 9.80. The first-order valence-corrected chi connectivity index (χ1v) is 13.4. The zero-order valence-corrected chi connectivity index (χ0v) is 22.8. The lowest BCUT2D eigenvalue weighted by Crippen LogP contribution is -2.29.